The fraction of sp³-hybridized carbons (Fsp3) is 0.391. The fourth-order valence-corrected chi connectivity index (χ4v) is 5.20. The van der Waals surface area contributed by atoms with Crippen LogP contribution in [0.2, 0.25) is 0 Å². The van der Waals surface area contributed by atoms with E-state index in [1.165, 1.54) is 31.0 Å². The Morgan fingerprint density at radius 3 is 2.97 bits per heavy atom. The largest absolute Gasteiger partial charge is 0.490 e. The van der Waals surface area contributed by atoms with Crippen LogP contribution >= 0.6 is 15.9 Å². The van der Waals surface area contributed by atoms with Gasteiger partial charge in [-0.3, -0.25) is 0 Å². The zero-order chi connectivity index (χ0) is 20.4. The zero-order valence-electron chi connectivity index (χ0n) is 16.7. The lowest BCUT2D eigenvalue weighted by atomic mass is 10.0. The van der Waals surface area contributed by atoms with E-state index in [1.54, 1.807) is 0 Å². The Morgan fingerprint density at radius 1 is 1.30 bits per heavy atom. The first-order valence-corrected chi connectivity index (χ1v) is 11.2. The van der Waals surface area contributed by atoms with Gasteiger partial charge in [-0.15, -0.1) is 0 Å². The van der Waals surface area contributed by atoms with E-state index < -0.39 is 0 Å². The number of carbonyl (C=O) groups is 1. The molecule has 6 rings (SSSR count). The van der Waals surface area contributed by atoms with Crippen molar-refractivity contribution in [2.45, 2.75) is 31.8 Å². The maximum absolute atomic E-state index is 12.2. The molecule has 3 aliphatic rings. The van der Waals surface area contributed by atoms with Crippen molar-refractivity contribution in [1.29, 1.82) is 0 Å². The first kappa shape index (κ1) is 18.2. The van der Waals surface area contributed by atoms with Crippen molar-refractivity contribution in [1.82, 2.24) is 9.55 Å². The van der Waals surface area contributed by atoms with Crippen LogP contribution in [-0.2, 0) is 17.7 Å². The van der Waals surface area contributed by atoms with Gasteiger partial charge in [0.05, 0.1) is 30.9 Å². The molecule has 6 nitrogen and oxygen atoms in total. The van der Waals surface area contributed by atoms with E-state index >= 15 is 0 Å². The van der Waals surface area contributed by atoms with Gasteiger partial charge in [0.1, 0.15) is 22.6 Å². The lowest BCUT2D eigenvalue weighted by Gasteiger charge is -2.33. The molecule has 1 atom stereocenters. The Bertz CT molecular complexity index is 1180. The van der Waals surface area contributed by atoms with E-state index in [9.17, 15) is 4.79 Å². The lowest BCUT2D eigenvalue weighted by Crippen LogP contribution is -2.34. The summed E-state index contributed by atoms with van der Waals surface area (Å²) in [6.07, 6.45) is 3.43. The second-order valence-electron chi connectivity index (χ2n) is 8.41. The number of anilines is 1. The van der Waals surface area contributed by atoms with E-state index in [-0.39, 0.29) is 12.0 Å². The van der Waals surface area contributed by atoms with Crippen molar-refractivity contribution in [2.24, 2.45) is 5.92 Å². The van der Waals surface area contributed by atoms with E-state index in [2.05, 4.69) is 37.5 Å². The van der Waals surface area contributed by atoms with Gasteiger partial charge in [0.15, 0.2) is 0 Å². The van der Waals surface area contributed by atoms with Crippen LogP contribution < -0.4 is 9.64 Å². The normalized spacial score (nSPS) is 19.7. The van der Waals surface area contributed by atoms with Crippen molar-refractivity contribution in [2.75, 3.05) is 25.2 Å². The van der Waals surface area contributed by atoms with Gasteiger partial charge in [0.25, 0.3) is 0 Å². The number of hydrogen-bond acceptors (Lipinski definition) is 5. The van der Waals surface area contributed by atoms with Gasteiger partial charge in [-0.25, -0.2) is 9.78 Å². The summed E-state index contributed by atoms with van der Waals surface area (Å²) in [4.78, 5) is 19.4. The third kappa shape index (κ3) is 2.82. The molecule has 1 unspecified atom stereocenters. The minimum atomic E-state index is -0.324. The molecule has 30 heavy (non-hydrogen) atoms. The summed E-state index contributed by atoms with van der Waals surface area (Å²) in [5.74, 6) is 1.21. The maximum Gasteiger partial charge on any atom is 0.337 e. The van der Waals surface area contributed by atoms with E-state index in [1.807, 2.05) is 18.2 Å². The van der Waals surface area contributed by atoms with Gasteiger partial charge in [-0.05, 0) is 70.6 Å². The topological polar surface area (TPSA) is 56.6 Å². The number of carbonyl (C=O) groups excluding carboxylic acids is 1. The summed E-state index contributed by atoms with van der Waals surface area (Å²) >= 11 is 3.54. The molecule has 154 valence electrons. The Morgan fingerprint density at radius 2 is 2.17 bits per heavy atom. The average Bonchev–Trinajstić information content (AvgIpc) is 3.41. The third-order valence-corrected chi connectivity index (χ3v) is 6.90. The summed E-state index contributed by atoms with van der Waals surface area (Å²) in [6.45, 7) is 2.46. The number of fused-ring (bicyclic) bond motifs is 1. The van der Waals surface area contributed by atoms with Crippen LogP contribution in [0.1, 0.15) is 40.5 Å². The number of rotatable bonds is 4. The van der Waals surface area contributed by atoms with E-state index in [0.717, 1.165) is 52.7 Å². The number of methoxy groups -OCH3 is 1. The van der Waals surface area contributed by atoms with Gasteiger partial charge in [-0.1, -0.05) is 0 Å². The molecule has 0 saturated heterocycles. The first-order chi connectivity index (χ1) is 14.6. The molecule has 2 aliphatic heterocycles. The number of benzene rings is 1. The summed E-state index contributed by atoms with van der Waals surface area (Å²) in [7, 11) is 1.42. The van der Waals surface area contributed by atoms with Crippen molar-refractivity contribution >= 4 is 38.6 Å². The quantitative estimate of drug-likeness (QED) is 0.417. The molecule has 1 aliphatic carbocycles. The predicted octanol–water partition coefficient (Wildman–Crippen LogP) is 4.49. The standard InChI is InChI=1S/C23H22BrN3O3/c1-29-23(28)16-8-15-10-17(26-6-7-30-19(11-16)21(15)26)18-9-14-4-5-20(24)25-22(14)27(18)12-13-2-3-13/h4-5,8-9,11,13,17H,2-3,6-7,10,12H2,1H3. The number of hydrogen-bond donors (Lipinski definition) is 0. The number of nitrogens with zero attached hydrogens (tertiary/aromatic N) is 3. The molecule has 0 spiro atoms. The van der Waals surface area contributed by atoms with Crippen molar-refractivity contribution in [3.05, 3.63) is 51.8 Å². The minimum absolute atomic E-state index is 0.210. The summed E-state index contributed by atoms with van der Waals surface area (Å²) < 4.78 is 14.2. The van der Waals surface area contributed by atoms with Crippen molar-refractivity contribution in [3.63, 3.8) is 0 Å². The van der Waals surface area contributed by atoms with E-state index in [4.69, 9.17) is 14.5 Å². The molecule has 4 heterocycles. The number of esters is 1. The molecule has 2 aromatic heterocycles. The molecule has 1 fully saturated rings. The summed E-state index contributed by atoms with van der Waals surface area (Å²) in [5, 5.41) is 1.17. The Labute approximate surface area is 182 Å². The highest BCUT2D eigenvalue weighted by atomic mass is 79.9. The molecule has 0 bridgehead atoms. The van der Waals surface area contributed by atoms with Crippen LogP contribution in [0.4, 0.5) is 5.69 Å². The summed E-state index contributed by atoms with van der Waals surface area (Å²) in [5.41, 5.74) is 5.17. The molecule has 3 aromatic rings. The smallest absolute Gasteiger partial charge is 0.337 e. The van der Waals surface area contributed by atoms with Crippen LogP contribution in [-0.4, -0.2) is 35.8 Å². The van der Waals surface area contributed by atoms with Crippen molar-refractivity contribution in [3.8, 4) is 5.75 Å². The van der Waals surface area contributed by atoms with Crippen LogP contribution in [0, 0.1) is 5.92 Å². The molecular weight excluding hydrogens is 446 g/mol. The number of ether oxygens (including phenoxy) is 2. The average molecular weight is 468 g/mol. The maximum atomic E-state index is 12.2. The second kappa shape index (κ2) is 6.74. The van der Waals surface area contributed by atoms with Gasteiger partial charge in [0.2, 0.25) is 0 Å². The lowest BCUT2D eigenvalue weighted by molar-refractivity contribution is 0.0600. The molecule has 7 heteroatoms. The number of halogens is 1. The first-order valence-electron chi connectivity index (χ1n) is 10.4. The Kier molecular flexibility index (Phi) is 4.10. The second-order valence-corrected chi connectivity index (χ2v) is 9.22. The number of aromatic nitrogens is 2. The number of pyridine rings is 1. The highest BCUT2D eigenvalue weighted by Crippen LogP contribution is 2.49. The highest BCUT2D eigenvalue weighted by molar-refractivity contribution is 9.10. The molecule has 0 N–H and O–H groups in total. The van der Waals surface area contributed by atoms with Crippen LogP contribution in [0.3, 0.4) is 0 Å². The van der Waals surface area contributed by atoms with E-state index in [0.29, 0.717) is 12.2 Å². The minimum Gasteiger partial charge on any atom is -0.490 e. The third-order valence-electron chi connectivity index (χ3n) is 6.46. The van der Waals surface area contributed by atoms with Crippen LogP contribution in [0.5, 0.6) is 5.75 Å². The van der Waals surface area contributed by atoms with Crippen LogP contribution in [0.15, 0.2) is 34.9 Å². The molecule has 0 radical (unpaired) electrons. The van der Waals surface area contributed by atoms with Gasteiger partial charge >= 0.3 is 5.97 Å². The van der Waals surface area contributed by atoms with Crippen LogP contribution in [0.25, 0.3) is 11.0 Å². The zero-order valence-corrected chi connectivity index (χ0v) is 18.3. The Balaban J connectivity index is 1.48. The molecule has 1 saturated carbocycles. The predicted molar refractivity (Wildman–Crippen MR) is 117 cm³/mol. The van der Waals surface area contributed by atoms with Gasteiger partial charge in [-0.2, -0.15) is 0 Å². The molecular formula is C23H22BrN3O3. The SMILES string of the molecule is COC(=O)c1cc2c3c(c1)OCCN3C(c1cc3ccc(Br)nc3n1CC1CC1)C2. The molecule has 0 amide bonds. The summed E-state index contributed by atoms with van der Waals surface area (Å²) in [6, 6.07) is 10.4. The van der Waals surface area contributed by atoms with Gasteiger partial charge < -0.3 is 18.9 Å². The monoisotopic (exact) mass is 467 g/mol. The van der Waals surface area contributed by atoms with Gasteiger partial charge in [0, 0.05) is 24.0 Å². The van der Waals surface area contributed by atoms with Crippen molar-refractivity contribution < 1.29 is 14.3 Å². The fourth-order valence-electron chi connectivity index (χ4n) is 4.90. The Hall–Kier alpha value is -2.54. The molecule has 1 aromatic carbocycles. The highest BCUT2D eigenvalue weighted by Gasteiger charge is 2.38.